The van der Waals surface area contributed by atoms with Crippen LogP contribution in [0.25, 0.3) is 23.0 Å². The van der Waals surface area contributed by atoms with Crippen molar-refractivity contribution < 1.29 is 18.8 Å². The Morgan fingerprint density at radius 2 is 1.73 bits per heavy atom. The van der Waals surface area contributed by atoms with Gasteiger partial charge < -0.3 is 23.9 Å². The molecule has 9 heteroatoms. The molecule has 9 nitrogen and oxygen atoms in total. The van der Waals surface area contributed by atoms with Crippen LogP contribution in [-0.2, 0) is 17.8 Å². The smallest absolute Gasteiger partial charge is 0.278 e. The summed E-state index contributed by atoms with van der Waals surface area (Å²) >= 11 is 0. The van der Waals surface area contributed by atoms with E-state index in [0.717, 1.165) is 22.4 Å². The highest BCUT2D eigenvalue weighted by molar-refractivity contribution is 5.92. The molecular weight excluding hydrogens is 470 g/mol. The Kier molecular flexibility index (Phi) is 6.93. The number of benzene rings is 3. The number of hydrogen-bond donors (Lipinski definition) is 1. The molecule has 0 saturated heterocycles. The summed E-state index contributed by atoms with van der Waals surface area (Å²) in [6.45, 7) is 0.599. The maximum absolute atomic E-state index is 12.3. The zero-order chi connectivity index (χ0) is 25.6. The lowest BCUT2D eigenvalue weighted by molar-refractivity contribution is -0.115. The van der Waals surface area contributed by atoms with Crippen molar-refractivity contribution >= 4 is 11.6 Å². The van der Waals surface area contributed by atoms with Gasteiger partial charge >= 0.3 is 0 Å². The number of carbonyl (C=O) groups is 1. The van der Waals surface area contributed by atoms with Crippen LogP contribution >= 0.6 is 0 Å². The average Bonchev–Trinajstić information content (AvgIpc) is 3.60. The molecule has 0 unspecified atom stereocenters. The van der Waals surface area contributed by atoms with Gasteiger partial charge in [-0.3, -0.25) is 4.79 Å². The first-order valence-corrected chi connectivity index (χ1v) is 11.6. The van der Waals surface area contributed by atoms with E-state index >= 15 is 0 Å². The third kappa shape index (κ3) is 5.67. The lowest BCUT2D eigenvalue weighted by Gasteiger charge is -2.07. The van der Waals surface area contributed by atoms with Crippen molar-refractivity contribution in [3.63, 3.8) is 0 Å². The highest BCUT2D eigenvalue weighted by atomic mass is 16.5. The summed E-state index contributed by atoms with van der Waals surface area (Å²) in [6.07, 6.45) is 3.90. The zero-order valence-corrected chi connectivity index (χ0v) is 20.4. The van der Waals surface area contributed by atoms with Gasteiger partial charge in [0.1, 0.15) is 5.69 Å². The van der Waals surface area contributed by atoms with Crippen LogP contribution < -0.4 is 14.8 Å². The molecule has 1 N–H and O–H groups in total. The topological polar surface area (TPSA) is 104 Å². The summed E-state index contributed by atoms with van der Waals surface area (Å²) in [5.74, 6) is 1.90. The van der Waals surface area contributed by atoms with Gasteiger partial charge in [-0.25, -0.2) is 4.98 Å². The van der Waals surface area contributed by atoms with E-state index in [2.05, 4.69) is 20.4 Å². The normalized spacial score (nSPS) is 10.8. The molecule has 0 aliphatic rings. The summed E-state index contributed by atoms with van der Waals surface area (Å²) in [4.78, 5) is 21.2. The third-order valence-electron chi connectivity index (χ3n) is 5.73. The number of rotatable bonds is 9. The van der Waals surface area contributed by atoms with Gasteiger partial charge in [0.25, 0.3) is 5.89 Å². The van der Waals surface area contributed by atoms with E-state index < -0.39 is 0 Å². The molecule has 37 heavy (non-hydrogen) atoms. The molecule has 1 amide bonds. The van der Waals surface area contributed by atoms with Crippen molar-refractivity contribution in [3.8, 4) is 34.5 Å². The maximum atomic E-state index is 12.3. The molecule has 0 bridgehead atoms. The van der Waals surface area contributed by atoms with Gasteiger partial charge in [0, 0.05) is 24.0 Å². The largest absolute Gasteiger partial charge is 0.493 e. The quantitative estimate of drug-likeness (QED) is 0.312. The van der Waals surface area contributed by atoms with Crippen LogP contribution in [0.4, 0.5) is 5.69 Å². The second kappa shape index (κ2) is 10.8. The minimum atomic E-state index is -0.0507. The Labute approximate surface area is 213 Å². The van der Waals surface area contributed by atoms with Crippen LogP contribution in [0.5, 0.6) is 11.5 Å². The Morgan fingerprint density at radius 3 is 2.49 bits per heavy atom. The van der Waals surface area contributed by atoms with E-state index in [1.807, 2.05) is 71.4 Å². The molecule has 5 aromatic rings. The molecular formula is C28H25N5O4. The van der Waals surface area contributed by atoms with Crippen molar-refractivity contribution in [1.82, 2.24) is 19.7 Å². The van der Waals surface area contributed by atoms with Gasteiger partial charge in [-0.1, -0.05) is 47.6 Å². The monoisotopic (exact) mass is 495 g/mol. The van der Waals surface area contributed by atoms with Crippen LogP contribution in [0, 0.1) is 0 Å². The Bertz CT molecular complexity index is 1490. The predicted octanol–water partition coefficient (Wildman–Crippen LogP) is 4.85. The number of methoxy groups -OCH3 is 2. The van der Waals surface area contributed by atoms with Gasteiger partial charge in [-0.15, -0.1) is 0 Å². The third-order valence-corrected chi connectivity index (χ3v) is 5.73. The maximum Gasteiger partial charge on any atom is 0.278 e. The van der Waals surface area contributed by atoms with Crippen molar-refractivity contribution in [1.29, 1.82) is 0 Å². The standard InChI is InChI=1S/C28H25N5O4/c1-35-24-13-10-21(15-25(24)36-2)27-31-28(37-32-27)23-17-33(18-29-23)16-20-8-11-22(12-9-20)30-26(34)14-19-6-4-3-5-7-19/h3-13,15,17-18H,14,16H2,1-2H3,(H,30,34). The van der Waals surface area contributed by atoms with E-state index in [1.54, 1.807) is 32.7 Å². The lowest BCUT2D eigenvalue weighted by Crippen LogP contribution is -2.14. The first-order chi connectivity index (χ1) is 18.1. The van der Waals surface area contributed by atoms with Gasteiger partial charge in [-0.2, -0.15) is 4.98 Å². The molecule has 0 aliphatic carbocycles. The Morgan fingerprint density at radius 1 is 0.946 bits per heavy atom. The molecule has 186 valence electrons. The lowest BCUT2D eigenvalue weighted by atomic mass is 10.1. The number of hydrogen-bond acceptors (Lipinski definition) is 7. The number of ether oxygens (including phenoxy) is 2. The number of imidazole rings is 1. The van der Waals surface area contributed by atoms with Gasteiger partial charge in [-0.05, 0) is 41.5 Å². The molecule has 0 fully saturated rings. The second-order valence-corrected chi connectivity index (χ2v) is 8.33. The highest BCUT2D eigenvalue weighted by Gasteiger charge is 2.15. The SMILES string of the molecule is COc1ccc(-c2noc(-c3cn(Cc4ccc(NC(=O)Cc5ccccc5)cc4)cn3)n2)cc1OC. The highest BCUT2D eigenvalue weighted by Crippen LogP contribution is 2.31. The van der Waals surface area contributed by atoms with E-state index in [-0.39, 0.29) is 5.91 Å². The van der Waals surface area contributed by atoms with Crippen LogP contribution in [0.2, 0.25) is 0 Å². The van der Waals surface area contributed by atoms with Crippen LogP contribution in [0.1, 0.15) is 11.1 Å². The average molecular weight is 496 g/mol. The molecule has 2 heterocycles. The number of nitrogens with one attached hydrogen (secondary N) is 1. The van der Waals surface area contributed by atoms with Crippen LogP contribution in [0.3, 0.4) is 0 Å². The Balaban J connectivity index is 1.21. The molecule has 2 aromatic heterocycles. The number of nitrogens with zero attached hydrogens (tertiary/aromatic N) is 4. The minimum absolute atomic E-state index is 0.0507. The van der Waals surface area contributed by atoms with Gasteiger partial charge in [0.05, 0.1) is 27.0 Å². The van der Waals surface area contributed by atoms with Crippen molar-refractivity contribution in [2.75, 3.05) is 19.5 Å². The van der Waals surface area contributed by atoms with E-state index in [4.69, 9.17) is 14.0 Å². The molecule has 0 spiro atoms. The fourth-order valence-electron chi connectivity index (χ4n) is 3.87. The molecule has 0 radical (unpaired) electrons. The Hall–Kier alpha value is -4.92. The van der Waals surface area contributed by atoms with Gasteiger partial charge in [0.2, 0.25) is 11.7 Å². The molecule has 0 saturated carbocycles. The van der Waals surface area contributed by atoms with E-state index in [1.165, 1.54) is 0 Å². The number of aromatic nitrogens is 4. The second-order valence-electron chi connectivity index (χ2n) is 8.33. The summed E-state index contributed by atoms with van der Waals surface area (Å²) in [5.41, 5.74) is 4.10. The fraction of sp³-hybridized carbons (Fsp3) is 0.143. The fourth-order valence-corrected chi connectivity index (χ4v) is 3.87. The van der Waals surface area contributed by atoms with Crippen molar-refractivity contribution in [2.45, 2.75) is 13.0 Å². The van der Waals surface area contributed by atoms with Crippen molar-refractivity contribution in [2.24, 2.45) is 0 Å². The first kappa shape index (κ1) is 23.8. The molecule has 5 rings (SSSR count). The minimum Gasteiger partial charge on any atom is -0.493 e. The van der Waals surface area contributed by atoms with Crippen LogP contribution in [0.15, 0.2) is 89.8 Å². The molecule has 3 aromatic carbocycles. The zero-order valence-electron chi connectivity index (χ0n) is 20.4. The van der Waals surface area contributed by atoms with E-state index in [0.29, 0.717) is 41.9 Å². The summed E-state index contributed by atoms with van der Waals surface area (Å²) < 4.78 is 18.0. The van der Waals surface area contributed by atoms with E-state index in [9.17, 15) is 4.79 Å². The van der Waals surface area contributed by atoms with Crippen molar-refractivity contribution in [3.05, 3.63) is 96.4 Å². The number of carbonyl (C=O) groups excluding carboxylic acids is 1. The summed E-state index contributed by atoms with van der Waals surface area (Å²) in [7, 11) is 3.16. The summed E-state index contributed by atoms with van der Waals surface area (Å²) in [5, 5.41) is 7.02. The molecule has 0 atom stereocenters. The predicted molar refractivity (Wildman–Crippen MR) is 138 cm³/mol. The number of anilines is 1. The summed E-state index contributed by atoms with van der Waals surface area (Å²) in [6, 6.07) is 22.8. The number of amides is 1. The molecule has 0 aliphatic heterocycles. The first-order valence-electron chi connectivity index (χ1n) is 11.6. The van der Waals surface area contributed by atoms with Crippen LogP contribution in [-0.4, -0.2) is 39.8 Å². The van der Waals surface area contributed by atoms with Gasteiger partial charge in [0.15, 0.2) is 11.5 Å².